The molecule has 1 aromatic heterocycles. The highest BCUT2D eigenvalue weighted by Gasteiger charge is 2.45. The summed E-state index contributed by atoms with van der Waals surface area (Å²) in [6.07, 6.45) is 0. The average molecular weight is 576 g/mol. The minimum atomic E-state index is -1.03. The molecule has 0 saturated heterocycles. The van der Waals surface area contributed by atoms with Crippen LogP contribution in [0.2, 0.25) is 0 Å². The van der Waals surface area contributed by atoms with Crippen LogP contribution in [0.15, 0.2) is 93.0 Å². The molecule has 1 atom stereocenters. The molecule has 1 N–H and O–H groups in total. The van der Waals surface area contributed by atoms with E-state index in [9.17, 15) is 19.5 Å². The minimum Gasteiger partial charge on any atom is -0.503 e. The number of furan rings is 1. The molecule has 0 bridgehead atoms. The Balaban J connectivity index is 1.65. The molecule has 38 heavy (non-hydrogen) atoms. The number of carbonyl (C=O) groups excluding carboxylic acids is 3. The van der Waals surface area contributed by atoms with Crippen molar-refractivity contribution in [3.63, 3.8) is 0 Å². The second kappa shape index (κ2) is 10.2. The van der Waals surface area contributed by atoms with Crippen LogP contribution in [0.25, 0.3) is 11.0 Å². The molecular weight excluding hydrogens is 554 g/mol. The molecule has 3 aromatic carbocycles. The Labute approximate surface area is 226 Å². The molecule has 0 aliphatic carbocycles. The lowest BCUT2D eigenvalue weighted by Gasteiger charge is -2.27. The van der Waals surface area contributed by atoms with Gasteiger partial charge >= 0.3 is 5.97 Å². The Morgan fingerprint density at radius 2 is 1.84 bits per heavy atom. The van der Waals surface area contributed by atoms with E-state index in [-0.39, 0.29) is 23.5 Å². The number of fused-ring (bicyclic) bond motifs is 1. The van der Waals surface area contributed by atoms with E-state index in [1.807, 2.05) is 0 Å². The maximum atomic E-state index is 13.8. The van der Waals surface area contributed by atoms with E-state index < -0.39 is 29.5 Å². The van der Waals surface area contributed by atoms with Gasteiger partial charge in [0.2, 0.25) is 5.78 Å². The molecule has 1 amide bonds. The highest BCUT2D eigenvalue weighted by atomic mass is 79.9. The summed E-state index contributed by atoms with van der Waals surface area (Å²) in [5, 5.41) is 11.7. The van der Waals surface area contributed by atoms with Crippen LogP contribution in [-0.4, -0.2) is 36.5 Å². The van der Waals surface area contributed by atoms with Crippen molar-refractivity contribution in [1.82, 2.24) is 0 Å². The third-order valence-electron chi connectivity index (χ3n) is 6.20. The van der Waals surface area contributed by atoms with E-state index in [1.165, 1.54) is 18.1 Å². The molecule has 8 nitrogen and oxygen atoms in total. The highest BCUT2D eigenvalue weighted by molar-refractivity contribution is 9.10. The van der Waals surface area contributed by atoms with Crippen molar-refractivity contribution in [2.45, 2.75) is 13.0 Å². The summed E-state index contributed by atoms with van der Waals surface area (Å²) in [7, 11) is 1.51. The van der Waals surface area contributed by atoms with E-state index >= 15 is 0 Å². The predicted octanol–water partition coefficient (Wildman–Crippen LogP) is 6.16. The summed E-state index contributed by atoms with van der Waals surface area (Å²) in [5.74, 6) is -2.21. The molecule has 1 unspecified atom stereocenters. The summed E-state index contributed by atoms with van der Waals surface area (Å²) >= 11 is 3.40. The third kappa shape index (κ3) is 4.45. The van der Waals surface area contributed by atoms with Gasteiger partial charge in [-0.25, -0.2) is 4.79 Å². The SMILES string of the molecule is CCOC(=O)c1cccc(N2C(=O)C(O)=C(C(=O)c3cc4cc(Br)ccc4o3)C2c2cccc(OC)c2)c1. The summed E-state index contributed by atoms with van der Waals surface area (Å²) in [6, 6.07) is 19.0. The lowest BCUT2D eigenvalue weighted by atomic mass is 9.94. The fraction of sp³-hybridized carbons (Fsp3) is 0.138. The van der Waals surface area contributed by atoms with E-state index in [2.05, 4.69) is 15.9 Å². The number of halogens is 1. The molecule has 0 radical (unpaired) electrons. The molecule has 1 aliphatic heterocycles. The van der Waals surface area contributed by atoms with Crippen molar-refractivity contribution in [1.29, 1.82) is 0 Å². The van der Waals surface area contributed by atoms with Crippen LogP contribution < -0.4 is 9.64 Å². The van der Waals surface area contributed by atoms with Gasteiger partial charge in [0.1, 0.15) is 11.3 Å². The number of ketones is 1. The van der Waals surface area contributed by atoms with E-state index in [1.54, 1.807) is 73.7 Å². The monoisotopic (exact) mass is 575 g/mol. The number of benzene rings is 3. The molecular formula is C29H22BrNO7. The van der Waals surface area contributed by atoms with Gasteiger partial charge in [-0.3, -0.25) is 14.5 Å². The van der Waals surface area contributed by atoms with Gasteiger partial charge in [0, 0.05) is 15.5 Å². The molecule has 2 heterocycles. The molecule has 1 aliphatic rings. The molecule has 0 spiro atoms. The van der Waals surface area contributed by atoms with Crippen LogP contribution in [0.5, 0.6) is 5.75 Å². The normalized spacial score (nSPS) is 15.3. The number of esters is 1. The Kier molecular flexibility index (Phi) is 6.77. The first-order valence-electron chi connectivity index (χ1n) is 11.7. The van der Waals surface area contributed by atoms with Gasteiger partial charge in [-0.1, -0.05) is 34.1 Å². The number of aliphatic hydroxyl groups excluding tert-OH is 1. The average Bonchev–Trinajstić information content (AvgIpc) is 3.46. The standard InChI is InChI=1S/C29H22BrNO7/c1-3-37-29(35)17-7-4-8-20(13-17)31-25(16-6-5-9-21(14-16)36-2)24(27(33)28(31)34)26(32)23-15-18-12-19(30)10-11-22(18)38-23/h4-15,25,33H,3H2,1-2H3. The van der Waals surface area contributed by atoms with Crippen LogP contribution in [0.3, 0.4) is 0 Å². The van der Waals surface area contributed by atoms with Crippen molar-refractivity contribution in [3.8, 4) is 5.75 Å². The van der Waals surface area contributed by atoms with Crippen molar-refractivity contribution >= 4 is 50.2 Å². The topological polar surface area (TPSA) is 106 Å². The summed E-state index contributed by atoms with van der Waals surface area (Å²) in [4.78, 5) is 41.0. The van der Waals surface area contributed by atoms with Crippen molar-refractivity contribution in [2.24, 2.45) is 0 Å². The summed E-state index contributed by atoms with van der Waals surface area (Å²) < 4.78 is 17.1. The number of Topliss-reactive ketones (excluding diaryl/α,β-unsaturated/α-hetero) is 1. The molecule has 4 aromatic rings. The number of ether oxygens (including phenoxy) is 2. The molecule has 5 rings (SSSR count). The lowest BCUT2D eigenvalue weighted by molar-refractivity contribution is -0.117. The van der Waals surface area contributed by atoms with Gasteiger partial charge in [0.15, 0.2) is 11.5 Å². The van der Waals surface area contributed by atoms with E-state index in [0.717, 1.165) is 4.47 Å². The number of hydrogen-bond donors (Lipinski definition) is 1. The Morgan fingerprint density at radius 3 is 2.61 bits per heavy atom. The molecule has 0 saturated carbocycles. The number of nitrogens with zero attached hydrogens (tertiary/aromatic N) is 1. The molecule has 9 heteroatoms. The summed E-state index contributed by atoms with van der Waals surface area (Å²) in [6.45, 7) is 1.88. The van der Waals surface area contributed by atoms with Crippen LogP contribution in [0.1, 0.15) is 39.4 Å². The van der Waals surface area contributed by atoms with E-state index in [0.29, 0.717) is 28.0 Å². The lowest BCUT2D eigenvalue weighted by Crippen LogP contribution is -2.31. The number of anilines is 1. The summed E-state index contributed by atoms with van der Waals surface area (Å²) in [5.41, 5.74) is 1.38. The number of aliphatic hydroxyl groups is 1. The first kappa shape index (κ1) is 25.3. The second-order valence-corrected chi connectivity index (χ2v) is 9.42. The van der Waals surface area contributed by atoms with Gasteiger partial charge in [-0.2, -0.15) is 0 Å². The van der Waals surface area contributed by atoms with Gasteiger partial charge in [0.25, 0.3) is 5.91 Å². The van der Waals surface area contributed by atoms with Gasteiger partial charge in [-0.15, -0.1) is 0 Å². The van der Waals surface area contributed by atoms with Crippen molar-refractivity contribution in [2.75, 3.05) is 18.6 Å². The number of rotatable bonds is 7. The molecule has 192 valence electrons. The molecule has 0 fully saturated rings. The van der Waals surface area contributed by atoms with Crippen molar-refractivity contribution in [3.05, 3.63) is 105 Å². The number of carbonyl (C=O) groups is 3. The van der Waals surface area contributed by atoms with Gasteiger partial charge < -0.3 is 19.0 Å². The smallest absolute Gasteiger partial charge is 0.338 e. The number of amides is 1. The second-order valence-electron chi connectivity index (χ2n) is 8.51. The van der Waals surface area contributed by atoms with Crippen LogP contribution in [0, 0.1) is 0 Å². The predicted molar refractivity (Wildman–Crippen MR) is 144 cm³/mol. The van der Waals surface area contributed by atoms with Crippen LogP contribution in [0.4, 0.5) is 5.69 Å². The zero-order chi connectivity index (χ0) is 27.0. The van der Waals surface area contributed by atoms with Crippen LogP contribution in [-0.2, 0) is 9.53 Å². The van der Waals surface area contributed by atoms with Crippen LogP contribution >= 0.6 is 15.9 Å². The van der Waals surface area contributed by atoms with Crippen molar-refractivity contribution < 1.29 is 33.4 Å². The fourth-order valence-electron chi connectivity index (χ4n) is 4.49. The Morgan fingerprint density at radius 1 is 1.05 bits per heavy atom. The number of methoxy groups -OCH3 is 1. The zero-order valence-electron chi connectivity index (χ0n) is 20.4. The zero-order valence-corrected chi connectivity index (χ0v) is 22.0. The van der Waals surface area contributed by atoms with E-state index in [4.69, 9.17) is 13.9 Å². The third-order valence-corrected chi connectivity index (χ3v) is 6.69. The largest absolute Gasteiger partial charge is 0.503 e. The first-order valence-corrected chi connectivity index (χ1v) is 12.5. The Bertz CT molecular complexity index is 1620. The van der Waals surface area contributed by atoms with Gasteiger partial charge in [-0.05, 0) is 67.1 Å². The fourth-order valence-corrected chi connectivity index (χ4v) is 4.87. The van der Waals surface area contributed by atoms with Gasteiger partial charge in [0.05, 0.1) is 30.9 Å². The maximum Gasteiger partial charge on any atom is 0.338 e. The number of hydrogen-bond acceptors (Lipinski definition) is 7. The maximum absolute atomic E-state index is 13.8. The first-order chi connectivity index (χ1) is 18.3. The highest BCUT2D eigenvalue weighted by Crippen LogP contribution is 2.43. The Hall–Kier alpha value is -4.37. The minimum absolute atomic E-state index is 0.0255. The quantitative estimate of drug-likeness (QED) is 0.207.